The fourth-order valence-electron chi connectivity index (χ4n) is 3.73. The van der Waals surface area contributed by atoms with Crippen LogP contribution in [0.2, 0.25) is 0 Å². The molecule has 7 nitrogen and oxygen atoms in total. The Kier molecular flexibility index (Phi) is 4.48. The number of nitrogens with zero attached hydrogens (tertiary/aromatic N) is 2. The largest absolute Gasteiger partial charge is 0.464 e. The number of aromatic nitrogens is 2. The van der Waals surface area contributed by atoms with Gasteiger partial charge in [0.15, 0.2) is 6.61 Å². The van der Waals surface area contributed by atoms with Gasteiger partial charge in [-0.15, -0.1) is 0 Å². The summed E-state index contributed by atoms with van der Waals surface area (Å²) >= 11 is 1.08. The minimum Gasteiger partial charge on any atom is -0.464 e. The molecule has 0 fully saturated rings. The summed E-state index contributed by atoms with van der Waals surface area (Å²) in [5, 5.41) is 3.65. The van der Waals surface area contributed by atoms with Crippen molar-refractivity contribution in [2.24, 2.45) is 0 Å². The average Bonchev–Trinajstić information content (AvgIpc) is 3.45. The summed E-state index contributed by atoms with van der Waals surface area (Å²) in [7, 11) is 0. The van der Waals surface area contributed by atoms with Crippen molar-refractivity contribution < 1.29 is 18.7 Å². The van der Waals surface area contributed by atoms with E-state index < -0.39 is 11.9 Å². The first-order valence-electron chi connectivity index (χ1n) is 9.36. The molecule has 0 atom stereocenters. The minimum atomic E-state index is -0.475. The number of ether oxygens (including phenoxy) is 1. The Bertz CT molecular complexity index is 1240. The van der Waals surface area contributed by atoms with E-state index in [2.05, 4.69) is 26.2 Å². The first kappa shape index (κ1) is 17.8. The van der Waals surface area contributed by atoms with Gasteiger partial charge in [-0.25, -0.2) is 0 Å². The highest BCUT2D eigenvalue weighted by Gasteiger charge is 2.18. The summed E-state index contributed by atoms with van der Waals surface area (Å²) in [6.07, 6.45) is 4.94. The fraction of sp³-hybridized carbons (Fsp3) is 0.238. The molecule has 5 rings (SSSR count). The number of furan rings is 1. The van der Waals surface area contributed by atoms with Crippen molar-refractivity contribution >= 4 is 51.3 Å². The molecule has 0 aliphatic heterocycles. The quantitative estimate of drug-likeness (QED) is 0.508. The van der Waals surface area contributed by atoms with Crippen molar-refractivity contribution in [3.05, 3.63) is 53.3 Å². The van der Waals surface area contributed by atoms with E-state index in [1.807, 2.05) is 6.07 Å². The molecule has 8 heteroatoms. The van der Waals surface area contributed by atoms with Crippen LogP contribution in [0, 0.1) is 0 Å². The standard InChI is InChI=1S/C21H17N3O4S/c25-19(22-16-5-2-6-17-21(16)24-29-23-17)11-28-20(26)9-14-10-27-18-8-13-4-1-3-12(13)7-15(14)18/h2,5-8,10H,1,3-4,9,11H2,(H,22,25). The number of esters is 1. The SMILES string of the molecule is O=C(COC(=O)Cc1coc2cc3c(cc12)CCC3)Nc1cccc2nsnc12. The van der Waals surface area contributed by atoms with Crippen molar-refractivity contribution in [2.75, 3.05) is 11.9 Å². The molecule has 0 unspecified atom stereocenters. The van der Waals surface area contributed by atoms with Crippen LogP contribution in [-0.4, -0.2) is 27.2 Å². The number of benzene rings is 2. The number of hydrogen-bond donors (Lipinski definition) is 1. The van der Waals surface area contributed by atoms with Crippen molar-refractivity contribution in [3.8, 4) is 0 Å². The first-order chi connectivity index (χ1) is 14.2. The molecule has 1 N–H and O–H groups in total. The summed E-state index contributed by atoms with van der Waals surface area (Å²) in [5.74, 6) is -0.898. The highest BCUT2D eigenvalue weighted by atomic mass is 32.1. The summed E-state index contributed by atoms with van der Waals surface area (Å²) < 4.78 is 19.1. The van der Waals surface area contributed by atoms with Gasteiger partial charge < -0.3 is 14.5 Å². The monoisotopic (exact) mass is 407 g/mol. The lowest BCUT2D eigenvalue weighted by Crippen LogP contribution is -2.21. The molecule has 0 radical (unpaired) electrons. The van der Waals surface area contributed by atoms with Gasteiger partial charge in [0.25, 0.3) is 5.91 Å². The Morgan fingerprint density at radius 1 is 1.17 bits per heavy atom. The molecule has 2 aromatic carbocycles. The Hall–Kier alpha value is -3.26. The molecule has 0 saturated heterocycles. The third kappa shape index (κ3) is 3.47. The number of hydrogen-bond acceptors (Lipinski definition) is 7. The second-order valence-electron chi connectivity index (χ2n) is 7.05. The van der Waals surface area contributed by atoms with E-state index in [1.165, 1.54) is 11.1 Å². The van der Waals surface area contributed by atoms with Crippen molar-refractivity contribution in [3.63, 3.8) is 0 Å². The highest BCUT2D eigenvalue weighted by molar-refractivity contribution is 7.00. The van der Waals surface area contributed by atoms with Crippen LogP contribution in [0.3, 0.4) is 0 Å². The Morgan fingerprint density at radius 2 is 2.03 bits per heavy atom. The van der Waals surface area contributed by atoms with E-state index in [0.29, 0.717) is 16.7 Å². The lowest BCUT2D eigenvalue weighted by molar-refractivity contribution is -0.146. The number of fused-ring (bicyclic) bond motifs is 3. The van der Waals surface area contributed by atoms with Crippen molar-refractivity contribution in [1.29, 1.82) is 0 Å². The van der Waals surface area contributed by atoms with E-state index in [-0.39, 0.29) is 13.0 Å². The van der Waals surface area contributed by atoms with Gasteiger partial charge in [0.1, 0.15) is 16.6 Å². The summed E-state index contributed by atoms with van der Waals surface area (Å²) in [6.45, 7) is -0.363. The summed E-state index contributed by atoms with van der Waals surface area (Å²) in [6, 6.07) is 9.51. The van der Waals surface area contributed by atoms with Gasteiger partial charge in [0.2, 0.25) is 0 Å². The lowest BCUT2D eigenvalue weighted by atomic mass is 10.0. The van der Waals surface area contributed by atoms with E-state index in [1.54, 1.807) is 18.4 Å². The molecule has 2 aromatic heterocycles. The zero-order chi connectivity index (χ0) is 19.8. The smallest absolute Gasteiger partial charge is 0.310 e. The van der Waals surface area contributed by atoms with Gasteiger partial charge in [-0.3, -0.25) is 9.59 Å². The molecule has 2 heterocycles. The number of carbonyl (C=O) groups excluding carboxylic acids is 2. The molecule has 1 aliphatic rings. The predicted molar refractivity (Wildman–Crippen MR) is 109 cm³/mol. The van der Waals surface area contributed by atoms with Gasteiger partial charge in [-0.2, -0.15) is 8.75 Å². The topological polar surface area (TPSA) is 94.3 Å². The van der Waals surface area contributed by atoms with Crippen LogP contribution in [0.15, 0.2) is 41.0 Å². The van der Waals surface area contributed by atoms with Crippen LogP contribution in [0.4, 0.5) is 5.69 Å². The maximum absolute atomic E-state index is 12.3. The normalized spacial score (nSPS) is 13.0. The second kappa shape index (κ2) is 7.29. The van der Waals surface area contributed by atoms with Gasteiger partial charge in [-0.05, 0) is 54.7 Å². The van der Waals surface area contributed by atoms with Gasteiger partial charge in [0, 0.05) is 10.9 Å². The van der Waals surface area contributed by atoms with E-state index >= 15 is 0 Å². The van der Waals surface area contributed by atoms with E-state index in [4.69, 9.17) is 9.15 Å². The fourth-order valence-corrected chi connectivity index (χ4v) is 4.28. The molecular weight excluding hydrogens is 390 g/mol. The average molecular weight is 407 g/mol. The number of aryl methyl sites for hydroxylation is 2. The Morgan fingerprint density at radius 3 is 2.93 bits per heavy atom. The van der Waals surface area contributed by atoms with Gasteiger partial charge >= 0.3 is 5.97 Å². The van der Waals surface area contributed by atoms with Crippen LogP contribution in [-0.2, 0) is 33.6 Å². The molecule has 1 amide bonds. The van der Waals surface area contributed by atoms with Crippen molar-refractivity contribution in [1.82, 2.24) is 8.75 Å². The maximum Gasteiger partial charge on any atom is 0.310 e. The Balaban J connectivity index is 1.22. The molecular formula is C21H17N3O4S. The zero-order valence-corrected chi connectivity index (χ0v) is 16.3. The Labute approximate surface area is 170 Å². The molecule has 146 valence electrons. The number of anilines is 1. The first-order valence-corrected chi connectivity index (χ1v) is 10.1. The number of nitrogens with one attached hydrogen (secondary N) is 1. The van der Waals surface area contributed by atoms with E-state index in [0.717, 1.165) is 47.5 Å². The zero-order valence-electron chi connectivity index (χ0n) is 15.4. The van der Waals surface area contributed by atoms with Crippen LogP contribution < -0.4 is 5.32 Å². The van der Waals surface area contributed by atoms with Gasteiger partial charge in [0.05, 0.1) is 30.1 Å². The molecule has 0 bridgehead atoms. The van der Waals surface area contributed by atoms with E-state index in [9.17, 15) is 9.59 Å². The van der Waals surface area contributed by atoms with Gasteiger partial charge in [-0.1, -0.05) is 6.07 Å². The molecule has 4 aromatic rings. The molecule has 0 saturated carbocycles. The number of amides is 1. The third-order valence-electron chi connectivity index (χ3n) is 5.13. The summed E-state index contributed by atoms with van der Waals surface area (Å²) in [5.41, 5.74) is 6.08. The van der Waals surface area contributed by atoms with Crippen LogP contribution in [0.5, 0.6) is 0 Å². The lowest BCUT2D eigenvalue weighted by Gasteiger charge is -2.07. The molecule has 1 aliphatic carbocycles. The van der Waals surface area contributed by atoms with Crippen LogP contribution in [0.1, 0.15) is 23.1 Å². The van der Waals surface area contributed by atoms with Crippen LogP contribution >= 0.6 is 11.7 Å². The summed E-state index contributed by atoms with van der Waals surface area (Å²) in [4.78, 5) is 24.4. The second-order valence-corrected chi connectivity index (χ2v) is 7.58. The third-order valence-corrected chi connectivity index (χ3v) is 5.67. The number of carbonyl (C=O) groups is 2. The molecule has 29 heavy (non-hydrogen) atoms. The van der Waals surface area contributed by atoms with Crippen molar-refractivity contribution in [2.45, 2.75) is 25.7 Å². The van der Waals surface area contributed by atoms with Crippen LogP contribution in [0.25, 0.3) is 22.0 Å². The maximum atomic E-state index is 12.3. The highest BCUT2D eigenvalue weighted by Crippen LogP contribution is 2.30. The predicted octanol–water partition coefficient (Wildman–Crippen LogP) is 3.65. The number of rotatable bonds is 5. The molecule has 0 spiro atoms. The minimum absolute atomic E-state index is 0.0602.